The second-order valence-electron chi connectivity index (χ2n) is 13.6. The molecule has 0 aliphatic heterocycles. The van der Waals surface area contributed by atoms with Gasteiger partial charge in [0.1, 0.15) is 0 Å². The zero-order valence-electron chi connectivity index (χ0n) is 24.4. The number of amides is 1. The number of carboxylic acids is 1. The molecule has 3 fully saturated rings. The Morgan fingerprint density at radius 2 is 1.72 bits per heavy atom. The number of carbonyl (C=O) groups is 2. The maximum absolute atomic E-state index is 13.7. The highest BCUT2D eigenvalue weighted by Crippen LogP contribution is 2.49. The second kappa shape index (κ2) is 10.4. The largest absolute Gasteiger partial charge is 0.481 e. The number of benzene rings is 1. The van der Waals surface area contributed by atoms with Crippen LogP contribution in [-0.4, -0.2) is 32.7 Å². The second-order valence-corrected chi connectivity index (χ2v) is 13.6. The van der Waals surface area contributed by atoms with Crippen molar-refractivity contribution in [1.82, 2.24) is 9.88 Å². The Labute approximate surface area is 233 Å². The first-order chi connectivity index (χ1) is 18.4. The van der Waals surface area contributed by atoms with Gasteiger partial charge >= 0.3 is 5.97 Å². The fourth-order valence-corrected chi connectivity index (χ4v) is 6.93. The van der Waals surface area contributed by atoms with Crippen LogP contribution in [-0.2, 0) is 22.2 Å². The third-order valence-electron chi connectivity index (χ3n) is 9.82. The molecule has 1 aromatic heterocycles. The fourth-order valence-electron chi connectivity index (χ4n) is 6.93. The van der Waals surface area contributed by atoms with E-state index in [-0.39, 0.29) is 29.7 Å². The van der Waals surface area contributed by atoms with Crippen molar-refractivity contribution in [3.05, 3.63) is 51.8 Å². The summed E-state index contributed by atoms with van der Waals surface area (Å²) in [6.45, 7) is 10.1. The van der Waals surface area contributed by atoms with Crippen molar-refractivity contribution >= 4 is 11.9 Å². The summed E-state index contributed by atoms with van der Waals surface area (Å²) in [6, 6.07) is 6.59. The number of hydrogen-bond acceptors (Lipinski definition) is 3. The van der Waals surface area contributed by atoms with Crippen LogP contribution in [0.4, 0.5) is 0 Å². The van der Waals surface area contributed by atoms with Crippen molar-refractivity contribution < 1.29 is 19.8 Å². The van der Waals surface area contributed by atoms with Crippen LogP contribution in [0.1, 0.15) is 123 Å². The maximum atomic E-state index is 13.7. The van der Waals surface area contributed by atoms with Gasteiger partial charge in [-0.2, -0.15) is 0 Å². The molecule has 6 heteroatoms. The highest BCUT2D eigenvalue weighted by Gasteiger charge is 2.40. The zero-order chi connectivity index (χ0) is 28.1. The molecule has 0 radical (unpaired) electrons. The molecule has 6 nitrogen and oxygen atoms in total. The number of nitrogens with zero attached hydrogens (tertiary/aromatic N) is 1. The van der Waals surface area contributed by atoms with Crippen molar-refractivity contribution in [2.45, 2.75) is 122 Å². The molecule has 212 valence electrons. The van der Waals surface area contributed by atoms with E-state index in [0.717, 1.165) is 60.2 Å². The highest BCUT2D eigenvalue weighted by atomic mass is 16.4. The van der Waals surface area contributed by atoms with Gasteiger partial charge in [-0.15, -0.1) is 0 Å². The lowest BCUT2D eigenvalue weighted by Crippen LogP contribution is -2.45. The summed E-state index contributed by atoms with van der Waals surface area (Å²) in [6.07, 6.45) is 11.2. The van der Waals surface area contributed by atoms with Gasteiger partial charge in [0.2, 0.25) is 0 Å². The Balaban J connectivity index is 1.54. The number of aliphatic hydroxyl groups is 1. The quantitative estimate of drug-likeness (QED) is 0.343. The van der Waals surface area contributed by atoms with E-state index in [1.807, 2.05) is 13.8 Å². The van der Waals surface area contributed by atoms with Gasteiger partial charge in [-0.3, -0.25) is 9.59 Å². The van der Waals surface area contributed by atoms with Crippen LogP contribution < -0.4 is 5.32 Å². The van der Waals surface area contributed by atoms with Gasteiger partial charge in [-0.1, -0.05) is 45.1 Å². The topological polar surface area (TPSA) is 91.6 Å². The molecule has 0 saturated heterocycles. The number of nitrogens with one attached hydrogen (secondary N) is 1. The molecule has 1 heterocycles. The molecule has 1 aromatic carbocycles. The van der Waals surface area contributed by atoms with E-state index in [4.69, 9.17) is 5.11 Å². The average Bonchev–Trinajstić information content (AvgIpc) is 3.55. The Bertz CT molecular complexity index is 1230. The van der Waals surface area contributed by atoms with E-state index in [9.17, 15) is 14.7 Å². The Kier molecular flexibility index (Phi) is 7.47. The lowest BCUT2D eigenvalue weighted by molar-refractivity contribution is -0.138. The average molecular weight is 535 g/mol. The number of carbonyl (C=O) groups excluding carboxylic acids is 1. The van der Waals surface area contributed by atoms with Crippen molar-refractivity contribution in [3.63, 3.8) is 0 Å². The number of aliphatic carboxylic acids is 1. The third-order valence-corrected chi connectivity index (χ3v) is 9.82. The summed E-state index contributed by atoms with van der Waals surface area (Å²) >= 11 is 0. The smallest absolute Gasteiger partial charge is 0.303 e. The van der Waals surface area contributed by atoms with Crippen LogP contribution in [0, 0.1) is 25.7 Å². The molecule has 0 atom stereocenters. The van der Waals surface area contributed by atoms with E-state index in [0.29, 0.717) is 5.92 Å². The van der Waals surface area contributed by atoms with Crippen molar-refractivity contribution in [1.29, 1.82) is 0 Å². The van der Waals surface area contributed by atoms with Gasteiger partial charge in [-0.25, -0.2) is 0 Å². The lowest BCUT2D eigenvalue weighted by atomic mass is 9.78. The maximum Gasteiger partial charge on any atom is 0.303 e. The van der Waals surface area contributed by atoms with Gasteiger partial charge in [0, 0.05) is 29.5 Å². The molecule has 3 saturated carbocycles. The third kappa shape index (κ3) is 5.82. The van der Waals surface area contributed by atoms with E-state index in [2.05, 4.69) is 48.9 Å². The van der Waals surface area contributed by atoms with Crippen molar-refractivity contribution in [2.24, 2.45) is 11.8 Å². The molecule has 3 aliphatic rings. The van der Waals surface area contributed by atoms with E-state index in [1.54, 1.807) is 0 Å². The lowest BCUT2D eigenvalue weighted by Gasteiger charge is -2.35. The molecular weight excluding hydrogens is 488 g/mol. The molecule has 3 N–H and O–H groups in total. The molecule has 5 rings (SSSR count). The molecule has 0 unspecified atom stereocenters. The minimum absolute atomic E-state index is 0.0331. The van der Waals surface area contributed by atoms with Crippen LogP contribution in [0.15, 0.2) is 18.2 Å². The van der Waals surface area contributed by atoms with E-state index in [1.165, 1.54) is 43.4 Å². The summed E-state index contributed by atoms with van der Waals surface area (Å²) in [5.41, 5.74) is 6.32. The SMILES string of the molecule is Cc1c(C(=O)NC2CC(CC(=O)O)C2)c(C)n(-c2cc(C(C)(C)O)cc(C3(C)CC3)c2)c1CC1CCCCC1. The van der Waals surface area contributed by atoms with E-state index >= 15 is 0 Å². The van der Waals surface area contributed by atoms with Crippen LogP contribution >= 0.6 is 0 Å². The predicted molar refractivity (Wildman–Crippen MR) is 154 cm³/mol. The van der Waals surface area contributed by atoms with Crippen molar-refractivity contribution in [2.75, 3.05) is 0 Å². The van der Waals surface area contributed by atoms with Gasteiger partial charge in [0.25, 0.3) is 5.91 Å². The first-order valence-corrected chi connectivity index (χ1v) is 15.0. The summed E-state index contributed by atoms with van der Waals surface area (Å²) in [5.74, 6) is -0.0648. The molecule has 0 spiro atoms. The van der Waals surface area contributed by atoms with Gasteiger partial charge < -0.3 is 20.1 Å². The first-order valence-electron chi connectivity index (χ1n) is 15.0. The normalized spacial score (nSPS) is 22.8. The molecule has 1 amide bonds. The number of aromatic nitrogens is 1. The number of rotatable bonds is 9. The van der Waals surface area contributed by atoms with Gasteiger partial charge in [0.05, 0.1) is 11.2 Å². The Morgan fingerprint density at radius 3 is 2.31 bits per heavy atom. The van der Waals surface area contributed by atoms with E-state index < -0.39 is 11.6 Å². The van der Waals surface area contributed by atoms with Crippen LogP contribution in [0.5, 0.6) is 0 Å². The molecule has 0 bridgehead atoms. The molecular formula is C33H46N2O4. The summed E-state index contributed by atoms with van der Waals surface area (Å²) in [4.78, 5) is 24.7. The Hall–Kier alpha value is -2.60. The highest BCUT2D eigenvalue weighted by molar-refractivity contribution is 5.98. The number of carboxylic acid groups (broad SMARTS) is 1. The van der Waals surface area contributed by atoms with Crippen LogP contribution in [0.2, 0.25) is 0 Å². The van der Waals surface area contributed by atoms with Crippen molar-refractivity contribution in [3.8, 4) is 5.69 Å². The monoisotopic (exact) mass is 534 g/mol. The van der Waals surface area contributed by atoms with Crippen LogP contribution in [0.25, 0.3) is 5.69 Å². The minimum atomic E-state index is -0.966. The first kappa shape index (κ1) is 27.9. The minimum Gasteiger partial charge on any atom is -0.481 e. The summed E-state index contributed by atoms with van der Waals surface area (Å²) in [7, 11) is 0. The Morgan fingerprint density at radius 1 is 1.05 bits per heavy atom. The molecule has 3 aliphatic carbocycles. The standard InChI is InChI=1S/C33H46N2O4/c1-20-28(15-22-9-7-6-8-10-22)35(21(2)30(20)31(38)34-26-13-23(14-26)16-29(36)37)27-18-24(32(3,4)39)17-25(19-27)33(5)11-12-33/h17-19,22-23,26,39H,6-16H2,1-5H3,(H,34,38)(H,36,37). The fraction of sp³-hybridized carbons (Fsp3) is 0.636. The van der Waals surface area contributed by atoms with Crippen LogP contribution in [0.3, 0.4) is 0 Å². The molecule has 2 aromatic rings. The molecule has 39 heavy (non-hydrogen) atoms. The zero-order valence-corrected chi connectivity index (χ0v) is 24.4. The summed E-state index contributed by atoms with van der Waals surface area (Å²) < 4.78 is 2.30. The summed E-state index contributed by atoms with van der Waals surface area (Å²) in [5, 5.41) is 23.3. The predicted octanol–water partition coefficient (Wildman–Crippen LogP) is 6.48. The van der Waals surface area contributed by atoms with Gasteiger partial charge in [-0.05, 0) is 106 Å². The van der Waals surface area contributed by atoms with Gasteiger partial charge in [0.15, 0.2) is 0 Å². The number of hydrogen-bond donors (Lipinski definition) is 3.